The number of carbonyl (C=O) groups is 1. The number of imidazole rings is 1. The van der Waals surface area contributed by atoms with E-state index in [1.165, 1.54) is 25.5 Å². The molecule has 2 aliphatic heterocycles. The molecule has 0 spiro atoms. The SMILES string of the molecule is COc1nc(N)nc2c1nc(I)n2[C@@H]1O[C@H](COc2ccc3cc(O/[P+]([O-])=N/[C@@H](C)C(=O)OC4CCOCC4)ccc3n2)[C@@H](O)[C@@]1(C)O. The number of nitrogen functional groups attached to an aromatic ring is 1. The van der Waals surface area contributed by atoms with E-state index in [0.29, 0.717) is 46.3 Å². The summed E-state index contributed by atoms with van der Waals surface area (Å²) in [6.45, 7) is 3.86. The van der Waals surface area contributed by atoms with Crippen LogP contribution in [0.3, 0.4) is 0 Å². The summed E-state index contributed by atoms with van der Waals surface area (Å²) in [6.07, 6.45) is -2.41. The Morgan fingerprint density at radius 3 is 2.77 bits per heavy atom. The number of ether oxygens (including phenoxy) is 5. The summed E-state index contributed by atoms with van der Waals surface area (Å²) < 4.78 is 39.3. The van der Waals surface area contributed by atoms with Gasteiger partial charge in [-0.1, -0.05) is 4.74 Å². The number of benzene rings is 1. The van der Waals surface area contributed by atoms with E-state index >= 15 is 0 Å². The van der Waals surface area contributed by atoms with Crippen LogP contribution in [0.15, 0.2) is 35.1 Å². The number of fused-ring (bicyclic) bond motifs is 2. The molecule has 2 saturated heterocycles. The first-order valence-electron chi connectivity index (χ1n) is 14.9. The molecule has 0 amide bonds. The zero-order valence-electron chi connectivity index (χ0n) is 26.1. The van der Waals surface area contributed by atoms with Gasteiger partial charge in [0.1, 0.15) is 30.5 Å². The van der Waals surface area contributed by atoms with Gasteiger partial charge in [-0.15, -0.1) is 0 Å². The average Bonchev–Trinajstić information content (AvgIpc) is 3.50. The van der Waals surface area contributed by atoms with E-state index in [-0.39, 0.29) is 41.8 Å². The highest BCUT2D eigenvalue weighted by Crippen LogP contribution is 2.41. The molecule has 48 heavy (non-hydrogen) atoms. The Morgan fingerprint density at radius 1 is 1.25 bits per heavy atom. The Kier molecular flexibility index (Phi) is 10.1. The molecule has 1 unspecified atom stereocenters. The topological polar surface area (TPSA) is 231 Å². The highest BCUT2D eigenvalue weighted by Gasteiger charge is 2.54. The van der Waals surface area contributed by atoms with Crippen molar-refractivity contribution in [3.63, 3.8) is 0 Å². The molecule has 0 bridgehead atoms. The number of methoxy groups -OCH3 is 1. The van der Waals surface area contributed by atoms with Crippen molar-refractivity contribution in [3.8, 4) is 17.5 Å². The van der Waals surface area contributed by atoms with E-state index in [4.69, 9.17) is 33.9 Å². The largest absolute Gasteiger partial charge is 0.575 e. The maximum absolute atomic E-state index is 12.5. The third-order valence-electron chi connectivity index (χ3n) is 7.94. The van der Waals surface area contributed by atoms with Gasteiger partial charge in [-0.3, -0.25) is 9.09 Å². The smallest absolute Gasteiger partial charge is 0.395 e. The number of halogens is 1. The lowest BCUT2D eigenvalue weighted by molar-refractivity contribution is -0.170. The number of aliphatic hydroxyl groups excluding tert-OH is 1. The lowest BCUT2D eigenvalue weighted by atomic mass is 9.96. The normalized spacial score (nSPS) is 24.1. The summed E-state index contributed by atoms with van der Waals surface area (Å²) in [4.78, 5) is 42.1. The number of hydrogen-bond acceptors (Lipinski definition) is 16. The molecular weight excluding hydrogens is 764 g/mol. The van der Waals surface area contributed by atoms with Crippen molar-refractivity contribution in [2.45, 2.75) is 62.9 Å². The van der Waals surface area contributed by atoms with Crippen molar-refractivity contribution < 1.29 is 48.1 Å². The summed E-state index contributed by atoms with van der Waals surface area (Å²) in [7, 11) is -1.12. The summed E-state index contributed by atoms with van der Waals surface area (Å²) >= 11 is 1.96. The van der Waals surface area contributed by atoms with Crippen molar-refractivity contribution in [2.75, 3.05) is 32.7 Å². The molecule has 6 atom stereocenters. The predicted octanol–water partition coefficient (Wildman–Crippen LogP) is 2.00. The number of nitrogens with two attached hydrogens (primary N) is 1. The fourth-order valence-corrected chi connectivity index (χ4v) is 6.83. The zero-order valence-corrected chi connectivity index (χ0v) is 29.1. The first-order chi connectivity index (χ1) is 22.9. The number of aliphatic hydroxyl groups is 2. The highest BCUT2D eigenvalue weighted by molar-refractivity contribution is 14.1. The minimum Gasteiger partial charge on any atom is -0.575 e. The molecule has 2 fully saturated rings. The molecule has 2 aliphatic rings. The maximum atomic E-state index is 12.5. The van der Waals surface area contributed by atoms with Crippen LogP contribution in [0, 0.1) is 3.83 Å². The highest BCUT2D eigenvalue weighted by atomic mass is 127. The van der Waals surface area contributed by atoms with E-state index in [0.717, 1.165) is 0 Å². The summed E-state index contributed by atoms with van der Waals surface area (Å²) in [6, 6.07) is 7.23. The Hall–Kier alpha value is -3.52. The van der Waals surface area contributed by atoms with Crippen molar-refractivity contribution >= 4 is 64.7 Å². The first kappa shape index (κ1) is 34.3. The molecule has 256 valence electrons. The molecule has 3 aromatic heterocycles. The first-order valence-corrected chi connectivity index (χ1v) is 17.1. The fraction of sp³-hybridized carbons (Fsp3) is 0.483. The zero-order chi connectivity index (χ0) is 34.2. The molecule has 4 aromatic rings. The van der Waals surface area contributed by atoms with Gasteiger partial charge in [-0.25, -0.2) is 14.8 Å². The molecular formula is C29H33IN7O10P. The van der Waals surface area contributed by atoms with Gasteiger partial charge in [0.15, 0.2) is 33.0 Å². The quantitative estimate of drug-likeness (QED) is 0.0902. The van der Waals surface area contributed by atoms with Gasteiger partial charge in [0.25, 0.3) is 0 Å². The van der Waals surface area contributed by atoms with E-state index < -0.39 is 44.2 Å². The lowest BCUT2D eigenvalue weighted by Gasteiger charge is -2.27. The summed E-state index contributed by atoms with van der Waals surface area (Å²) in [5.74, 6) is 0.0486. The van der Waals surface area contributed by atoms with Crippen molar-refractivity contribution in [3.05, 3.63) is 34.2 Å². The summed E-state index contributed by atoms with van der Waals surface area (Å²) in [5, 5.41) is 23.0. The monoisotopic (exact) mass is 797 g/mol. The van der Waals surface area contributed by atoms with Crippen LogP contribution in [0.5, 0.6) is 17.5 Å². The van der Waals surface area contributed by atoms with Crippen LogP contribution in [0.1, 0.15) is 32.9 Å². The van der Waals surface area contributed by atoms with Crippen LogP contribution in [0.25, 0.3) is 22.1 Å². The van der Waals surface area contributed by atoms with E-state index in [9.17, 15) is 19.9 Å². The number of pyridine rings is 1. The second-order valence-corrected chi connectivity index (χ2v) is 13.2. The third-order valence-corrected chi connectivity index (χ3v) is 9.60. The van der Waals surface area contributed by atoms with E-state index in [2.05, 4.69) is 24.7 Å². The minimum absolute atomic E-state index is 0.0577. The van der Waals surface area contributed by atoms with Crippen molar-refractivity contribution in [2.24, 2.45) is 4.74 Å². The Labute approximate surface area is 288 Å². The Morgan fingerprint density at radius 2 is 2.02 bits per heavy atom. The number of carbonyl (C=O) groups excluding carboxylic acids is 1. The maximum Gasteiger partial charge on any atom is 0.395 e. The second-order valence-electron chi connectivity index (χ2n) is 11.4. The average molecular weight is 798 g/mol. The Balaban J connectivity index is 1.10. The number of nitrogens with zero attached hydrogens (tertiary/aromatic N) is 6. The van der Waals surface area contributed by atoms with Crippen LogP contribution in [-0.2, 0) is 19.0 Å². The molecule has 4 N–H and O–H groups in total. The third kappa shape index (κ3) is 7.10. The molecule has 0 radical (unpaired) electrons. The Bertz CT molecular complexity index is 1850. The number of hydrogen-bond donors (Lipinski definition) is 3. The molecule has 0 saturated carbocycles. The van der Waals surface area contributed by atoms with Gasteiger partial charge in [0.2, 0.25) is 17.7 Å². The van der Waals surface area contributed by atoms with E-state index in [1.54, 1.807) is 30.3 Å². The van der Waals surface area contributed by atoms with Crippen molar-refractivity contribution in [1.29, 1.82) is 0 Å². The number of aromatic nitrogens is 5. The van der Waals surface area contributed by atoms with Gasteiger partial charge in [0.05, 0.1) is 25.8 Å². The van der Waals surface area contributed by atoms with E-state index in [1.807, 2.05) is 22.6 Å². The van der Waals surface area contributed by atoms with Crippen LogP contribution >= 0.6 is 30.8 Å². The van der Waals surface area contributed by atoms with Crippen LogP contribution < -0.4 is 24.6 Å². The summed E-state index contributed by atoms with van der Waals surface area (Å²) in [5.41, 5.74) is 5.23. The second kappa shape index (κ2) is 14.1. The van der Waals surface area contributed by atoms with Gasteiger partial charge < -0.3 is 44.5 Å². The van der Waals surface area contributed by atoms with Crippen molar-refractivity contribution in [1.82, 2.24) is 24.5 Å². The molecule has 0 aliphatic carbocycles. The van der Waals surface area contributed by atoms with Gasteiger partial charge >= 0.3 is 14.1 Å². The lowest BCUT2D eigenvalue weighted by Crippen LogP contribution is -2.45. The molecule has 1 aromatic carbocycles. The predicted molar refractivity (Wildman–Crippen MR) is 176 cm³/mol. The van der Waals surface area contributed by atoms with Gasteiger partial charge in [-0.05, 0) is 38.1 Å². The fourth-order valence-electron chi connectivity index (χ4n) is 5.39. The van der Waals surface area contributed by atoms with Crippen LogP contribution in [0.4, 0.5) is 5.95 Å². The number of anilines is 1. The molecule has 6 rings (SSSR count). The van der Waals surface area contributed by atoms with Crippen LogP contribution in [0.2, 0.25) is 0 Å². The molecule has 17 nitrogen and oxygen atoms in total. The molecule has 5 heterocycles. The standard InChI is InChI=1S/C29H33IN7O10P/c1-14(25(39)45-16-8-10-43-11-9-16)36-48(41)47-17-5-6-18-15(12-17)4-7-20(32-18)44-13-19-22(38)29(2,40)26(46-19)37-23-21(33-27(37)30)24(42-3)35-28(31)34-23/h4-7,12,14,16,19,22,26,38,40H,8-11,13H2,1-3H3,(H2,31,34,35)/t14-,19+,22+,26+,29+/m0/s1. The van der Waals surface area contributed by atoms with Crippen LogP contribution in [-0.4, -0.2) is 97.6 Å². The number of rotatable bonds is 10. The molecule has 19 heteroatoms. The van der Waals surface area contributed by atoms with Gasteiger partial charge in [0, 0.05) is 46.9 Å². The minimum atomic E-state index is -2.55. The van der Waals surface area contributed by atoms with Gasteiger partial charge in [-0.2, -0.15) is 9.97 Å². The number of esters is 1.